The molecule has 14 rings (SSSR count). The highest BCUT2D eigenvalue weighted by Crippen LogP contribution is 2.54. The van der Waals surface area contributed by atoms with E-state index in [-0.39, 0.29) is 0 Å². The highest BCUT2D eigenvalue weighted by atomic mass is 15.0. The molecule has 0 bridgehead atoms. The first-order valence-corrected chi connectivity index (χ1v) is 23.4. The fourth-order valence-electron chi connectivity index (χ4n) is 10.7. The predicted molar refractivity (Wildman–Crippen MR) is 288 cm³/mol. The van der Waals surface area contributed by atoms with E-state index in [1.807, 2.05) is 0 Å². The molecule has 0 atom stereocenters. The van der Waals surface area contributed by atoms with E-state index >= 15 is 0 Å². The van der Waals surface area contributed by atoms with Gasteiger partial charge in [0.1, 0.15) is 0 Å². The molecule has 0 fully saturated rings. The Morgan fingerprint density at radius 3 is 1.24 bits per heavy atom. The molecule has 0 saturated heterocycles. The lowest BCUT2D eigenvalue weighted by Gasteiger charge is -2.15. The second-order valence-corrected chi connectivity index (χ2v) is 17.7. The van der Waals surface area contributed by atoms with Gasteiger partial charge < -0.3 is 9.88 Å². The lowest BCUT2D eigenvalue weighted by molar-refractivity contribution is 1.20. The highest BCUT2D eigenvalue weighted by Gasteiger charge is 2.32. The Balaban J connectivity index is 0.000000166. The molecule has 318 valence electrons. The summed E-state index contributed by atoms with van der Waals surface area (Å²) in [6, 6.07) is 93.8. The first-order valence-electron chi connectivity index (χ1n) is 23.4. The maximum Gasteiger partial charge on any atom is 0.0541 e. The van der Waals surface area contributed by atoms with Gasteiger partial charge in [-0.2, -0.15) is 0 Å². The summed E-state index contributed by atoms with van der Waals surface area (Å²) >= 11 is 0. The Hall–Kier alpha value is -8.98. The molecule has 0 aliphatic heterocycles. The first-order chi connectivity index (χ1) is 33.7. The van der Waals surface area contributed by atoms with E-state index in [0.717, 1.165) is 11.4 Å². The highest BCUT2D eigenvalue weighted by molar-refractivity contribution is 6.19. The van der Waals surface area contributed by atoms with E-state index in [1.165, 1.54) is 116 Å². The lowest BCUT2D eigenvalue weighted by atomic mass is 9.91. The molecule has 2 nitrogen and oxygen atoms in total. The predicted octanol–water partition coefficient (Wildman–Crippen LogP) is 17.7. The zero-order valence-electron chi connectivity index (χ0n) is 37.3. The number of fused-ring (bicyclic) bond motifs is 10. The Labute approximate surface area is 396 Å². The van der Waals surface area contributed by atoms with Gasteiger partial charge in [0, 0.05) is 27.5 Å². The second-order valence-electron chi connectivity index (χ2n) is 17.7. The van der Waals surface area contributed by atoms with Crippen LogP contribution in [0.5, 0.6) is 0 Å². The van der Waals surface area contributed by atoms with Crippen LogP contribution in [0.15, 0.2) is 261 Å². The fourth-order valence-corrected chi connectivity index (χ4v) is 10.7. The van der Waals surface area contributed by atoms with E-state index in [2.05, 4.69) is 271 Å². The van der Waals surface area contributed by atoms with Gasteiger partial charge >= 0.3 is 0 Å². The third kappa shape index (κ3) is 6.65. The number of aromatic nitrogens is 1. The number of hydrogen-bond acceptors (Lipinski definition) is 1. The van der Waals surface area contributed by atoms with Crippen LogP contribution >= 0.6 is 0 Å². The summed E-state index contributed by atoms with van der Waals surface area (Å²) in [7, 11) is 0. The number of para-hydroxylation sites is 2. The minimum atomic E-state index is 1.07. The largest absolute Gasteiger partial charge is 0.355 e. The number of anilines is 2. The van der Waals surface area contributed by atoms with Crippen molar-refractivity contribution in [3.05, 3.63) is 283 Å². The Kier molecular flexibility index (Phi) is 9.54. The molecular weight excluding hydrogens is 821 g/mol. The molecule has 2 aliphatic carbocycles. The van der Waals surface area contributed by atoms with Crippen LogP contribution in [0, 0.1) is 0 Å². The maximum absolute atomic E-state index is 3.81. The van der Waals surface area contributed by atoms with Gasteiger partial charge in [-0.3, -0.25) is 0 Å². The van der Waals surface area contributed by atoms with Crippen molar-refractivity contribution in [2.45, 2.75) is 0 Å². The van der Waals surface area contributed by atoms with Gasteiger partial charge in [-0.25, -0.2) is 0 Å². The fraction of sp³-hybridized carbons (Fsp3) is 0. The number of nitrogens with zero attached hydrogens (tertiary/aromatic N) is 1. The Morgan fingerprint density at radius 1 is 0.250 bits per heavy atom. The minimum Gasteiger partial charge on any atom is -0.355 e. The van der Waals surface area contributed by atoms with Crippen molar-refractivity contribution in [2.75, 3.05) is 5.32 Å². The van der Waals surface area contributed by atoms with Crippen molar-refractivity contribution in [3.63, 3.8) is 0 Å². The molecule has 0 radical (unpaired) electrons. The number of rotatable bonds is 5. The van der Waals surface area contributed by atoms with E-state index in [4.69, 9.17) is 0 Å². The van der Waals surface area contributed by atoms with Gasteiger partial charge in [-0.1, -0.05) is 212 Å². The van der Waals surface area contributed by atoms with Crippen molar-refractivity contribution >= 4 is 55.1 Å². The number of nitrogens with one attached hydrogen (secondary N) is 1. The van der Waals surface area contributed by atoms with Crippen LogP contribution in [0.2, 0.25) is 0 Å². The normalized spacial score (nSPS) is 12.1. The molecule has 1 heterocycles. The van der Waals surface area contributed by atoms with Crippen molar-refractivity contribution in [1.82, 2.24) is 4.57 Å². The van der Waals surface area contributed by atoms with E-state index in [0.29, 0.717) is 0 Å². The molecule has 0 saturated carbocycles. The molecule has 12 aromatic rings. The summed E-state index contributed by atoms with van der Waals surface area (Å²) in [4.78, 5) is 0. The minimum absolute atomic E-state index is 1.07. The summed E-state index contributed by atoms with van der Waals surface area (Å²) in [5.41, 5.74) is 23.7. The van der Waals surface area contributed by atoms with Gasteiger partial charge in [0.15, 0.2) is 0 Å². The van der Waals surface area contributed by atoms with Gasteiger partial charge in [0.05, 0.1) is 16.7 Å². The van der Waals surface area contributed by atoms with Crippen molar-refractivity contribution in [2.24, 2.45) is 0 Å². The van der Waals surface area contributed by atoms with E-state index < -0.39 is 0 Å². The third-order valence-corrected chi connectivity index (χ3v) is 13.7. The van der Waals surface area contributed by atoms with Gasteiger partial charge in [0.2, 0.25) is 0 Å². The van der Waals surface area contributed by atoms with Crippen LogP contribution in [-0.2, 0) is 0 Å². The molecule has 1 N–H and O–H groups in total. The quantitative estimate of drug-likeness (QED) is 0.182. The van der Waals surface area contributed by atoms with Crippen molar-refractivity contribution in [3.8, 4) is 50.2 Å². The average Bonchev–Trinajstić information content (AvgIpc) is 4.04. The topological polar surface area (TPSA) is 17.0 Å². The summed E-state index contributed by atoms with van der Waals surface area (Å²) in [6.45, 7) is 0. The maximum atomic E-state index is 3.81. The average molecular weight is 865 g/mol. The first kappa shape index (κ1) is 39.4. The summed E-state index contributed by atoms with van der Waals surface area (Å²) in [5, 5.41) is 8.96. The molecule has 0 spiro atoms. The molecule has 11 aromatic carbocycles. The van der Waals surface area contributed by atoms with E-state index in [9.17, 15) is 0 Å². The summed E-state index contributed by atoms with van der Waals surface area (Å²) in [6.07, 6.45) is 0. The zero-order valence-corrected chi connectivity index (χ0v) is 37.3. The molecule has 2 aliphatic rings. The summed E-state index contributed by atoms with van der Waals surface area (Å²) < 4.78 is 2.38. The monoisotopic (exact) mass is 864 g/mol. The Bertz CT molecular complexity index is 3770. The molecule has 0 unspecified atom stereocenters. The SMILES string of the molecule is c1ccc(-c2cc(Nc3ccc4c(c3)C(=C3c5ccccc5-c5ccccc53)c3ccccc3-4)cc(-c3ccccc3)c2)cc1.c1ccc2c(-n3c4ccccc4c4ccccc43)cccc2c1. The van der Waals surface area contributed by atoms with Crippen LogP contribution < -0.4 is 5.32 Å². The van der Waals surface area contributed by atoms with Crippen molar-refractivity contribution in [1.29, 1.82) is 0 Å². The van der Waals surface area contributed by atoms with Crippen LogP contribution in [0.25, 0.3) is 93.9 Å². The van der Waals surface area contributed by atoms with Crippen molar-refractivity contribution < 1.29 is 0 Å². The van der Waals surface area contributed by atoms with Gasteiger partial charge in [-0.15, -0.1) is 0 Å². The van der Waals surface area contributed by atoms with Crippen LogP contribution in [0.3, 0.4) is 0 Å². The van der Waals surface area contributed by atoms with E-state index in [1.54, 1.807) is 0 Å². The van der Waals surface area contributed by atoms with Gasteiger partial charge in [-0.05, 0) is 132 Å². The molecule has 0 amide bonds. The third-order valence-electron chi connectivity index (χ3n) is 13.7. The molecular formula is C66H44N2. The van der Waals surface area contributed by atoms with Crippen LogP contribution in [0.1, 0.15) is 22.3 Å². The Morgan fingerprint density at radius 2 is 0.676 bits per heavy atom. The second kappa shape index (κ2) is 16.5. The van der Waals surface area contributed by atoms with Crippen LogP contribution in [-0.4, -0.2) is 4.57 Å². The molecule has 1 aromatic heterocycles. The zero-order chi connectivity index (χ0) is 45.0. The standard InChI is InChI=1S/C44H29N.C22H15N/c1-3-13-29(14-4-1)31-25-32(30-15-5-2-6-16-30)27-34(26-31)45-33-23-24-38-37-19-9-12-22-41(37)44(42(38)28-33)43-39-20-10-7-17-35(39)36-18-8-11-21-40(36)43;1-2-10-17-16(8-1)9-7-15-20(17)23-21-13-5-3-11-18(21)19-12-4-6-14-22(19)23/h1-28,45H;1-15H. The molecule has 2 heteroatoms. The lowest BCUT2D eigenvalue weighted by Crippen LogP contribution is -1.95. The number of hydrogen-bond donors (Lipinski definition) is 1. The molecule has 68 heavy (non-hydrogen) atoms. The number of benzene rings is 11. The smallest absolute Gasteiger partial charge is 0.0541 e. The van der Waals surface area contributed by atoms with Crippen LogP contribution in [0.4, 0.5) is 11.4 Å². The van der Waals surface area contributed by atoms with Gasteiger partial charge in [0.25, 0.3) is 0 Å². The summed E-state index contributed by atoms with van der Waals surface area (Å²) in [5.74, 6) is 0.